The molecule has 0 fully saturated rings. The molecule has 0 bridgehead atoms. The van der Waals surface area contributed by atoms with E-state index in [0.717, 1.165) is 77.6 Å². The first-order valence-electron chi connectivity index (χ1n) is 27.8. The SMILES string of the molecule is Cc1ccc(-c2ccccc2)c(N(c2ccc3cc4c(cc3c2)oc2cc3cc(N(c5cc(C)ccc5-c5ccccc5)c5cc(C(C)C)ccc5-c5ccccc5)ccc3cc24)c2cc(C(C)C)ccc2-c2ccccc2)c1. The van der Waals surface area contributed by atoms with Crippen molar-refractivity contribution in [2.45, 2.75) is 53.4 Å². The molecule has 1 aromatic heterocycles. The lowest BCUT2D eigenvalue weighted by atomic mass is 9.94. The molecule has 0 saturated carbocycles. The van der Waals surface area contributed by atoms with E-state index in [-0.39, 0.29) is 0 Å². The summed E-state index contributed by atoms with van der Waals surface area (Å²) < 4.78 is 7.00. The van der Waals surface area contributed by atoms with E-state index in [1.54, 1.807) is 0 Å². The second kappa shape index (κ2) is 20.5. The fourth-order valence-electron chi connectivity index (χ4n) is 11.6. The predicted molar refractivity (Wildman–Crippen MR) is 337 cm³/mol. The van der Waals surface area contributed by atoms with Gasteiger partial charge in [-0.05, 0) is 165 Å². The summed E-state index contributed by atoms with van der Waals surface area (Å²) in [6, 6.07) is 93.9. The van der Waals surface area contributed by atoms with Crippen LogP contribution >= 0.6 is 0 Å². The summed E-state index contributed by atoms with van der Waals surface area (Å²) in [6.07, 6.45) is 0. The van der Waals surface area contributed by atoms with E-state index < -0.39 is 0 Å². The first kappa shape index (κ1) is 49.2. The number of hydrogen-bond donors (Lipinski definition) is 0. The molecule has 0 spiro atoms. The van der Waals surface area contributed by atoms with Gasteiger partial charge in [0.2, 0.25) is 0 Å². The molecule has 0 aliphatic carbocycles. The summed E-state index contributed by atoms with van der Waals surface area (Å²) in [5, 5.41) is 6.73. The standard InChI is InChI=1S/C76H62N2O/c1-49(2)57-31-37-67(55-23-15-9-16-24-55)73(45-57)77(71-39-51(5)27-35-65(71)53-19-11-7-12-20-53)63-33-29-59-43-69-70-44-60-30-34-64(42-62(60)48-76(70)79-75(69)47-61(59)41-63)78(72-40-52(6)28-36-66(72)54-21-13-8-14-22-54)74-46-58(50(3)4)32-38-68(74)56-25-17-10-18-26-56/h7-50H,1-6H3. The quantitative estimate of drug-likeness (QED) is 0.122. The molecular formula is C76H62N2O. The number of fused-ring (bicyclic) bond motifs is 5. The van der Waals surface area contributed by atoms with Gasteiger partial charge < -0.3 is 14.2 Å². The molecule has 0 atom stereocenters. The maximum absolute atomic E-state index is 7.00. The molecule has 79 heavy (non-hydrogen) atoms. The first-order valence-corrected chi connectivity index (χ1v) is 27.8. The van der Waals surface area contributed by atoms with E-state index in [9.17, 15) is 0 Å². The summed E-state index contributed by atoms with van der Waals surface area (Å²) in [6.45, 7) is 13.5. The second-order valence-electron chi connectivity index (χ2n) is 21.9. The van der Waals surface area contributed by atoms with Crippen molar-refractivity contribution >= 4 is 77.6 Å². The van der Waals surface area contributed by atoms with E-state index in [1.165, 1.54) is 66.8 Å². The molecule has 0 amide bonds. The summed E-state index contributed by atoms with van der Waals surface area (Å²) >= 11 is 0. The molecule has 382 valence electrons. The molecule has 0 radical (unpaired) electrons. The molecule has 12 aromatic carbocycles. The fraction of sp³-hybridized carbons (Fsp3) is 0.105. The number of anilines is 6. The Bertz CT molecular complexity index is 4100. The molecule has 0 aliphatic heterocycles. The van der Waals surface area contributed by atoms with Crippen molar-refractivity contribution in [3.63, 3.8) is 0 Å². The van der Waals surface area contributed by atoms with Crippen molar-refractivity contribution in [2.24, 2.45) is 0 Å². The number of rotatable bonds is 12. The van der Waals surface area contributed by atoms with Crippen LogP contribution in [-0.2, 0) is 0 Å². The minimum Gasteiger partial charge on any atom is -0.456 e. The minimum atomic E-state index is 0.339. The largest absolute Gasteiger partial charge is 0.456 e. The molecule has 0 N–H and O–H groups in total. The van der Waals surface area contributed by atoms with Crippen LogP contribution in [0.1, 0.15) is 61.8 Å². The van der Waals surface area contributed by atoms with Gasteiger partial charge in [-0.15, -0.1) is 0 Å². The van der Waals surface area contributed by atoms with E-state index in [2.05, 4.69) is 306 Å². The maximum atomic E-state index is 7.00. The van der Waals surface area contributed by atoms with Gasteiger partial charge in [-0.1, -0.05) is 210 Å². The normalized spacial score (nSPS) is 11.6. The third kappa shape index (κ3) is 9.32. The van der Waals surface area contributed by atoms with Gasteiger partial charge in [0.05, 0.1) is 22.7 Å². The highest BCUT2D eigenvalue weighted by molar-refractivity contribution is 6.14. The third-order valence-corrected chi connectivity index (χ3v) is 15.9. The lowest BCUT2D eigenvalue weighted by Gasteiger charge is -2.31. The first-order chi connectivity index (χ1) is 38.6. The third-order valence-electron chi connectivity index (χ3n) is 15.9. The van der Waals surface area contributed by atoms with Gasteiger partial charge in [-0.25, -0.2) is 0 Å². The second-order valence-corrected chi connectivity index (χ2v) is 21.9. The zero-order chi connectivity index (χ0) is 53.7. The molecule has 13 rings (SSSR count). The van der Waals surface area contributed by atoms with Crippen LogP contribution in [0.2, 0.25) is 0 Å². The van der Waals surface area contributed by atoms with E-state index in [0.29, 0.717) is 11.8 Å². The van der Waals surface area contributed by atoms with Gasteiger partial charge in [0.1, 0.15) is 11.2 Å². The predicted octanol–water partition coefficient (Wildman–Crippen LogP) is 22.4. The molecule has 0 saturated heterocycles. The van der Waals surface area contributed by atoms with Crippen LogP contribution in [-0.4, -0.2) is 0 Å². The van der Waals surface area contributed by atoms with Crippen molar-refractivity contribution in [3.8, 4) is 44.5 Å². The Kier molecular flexibility index (Phi) is 12.8. The molecule has 0 unspecified atom stereocenters. The lowest BCUT2D eigenvalue weighted by Crippen LogP contribution is -2.13. The molecular weight excluding hydrogens is 957 g/mol. The Hall–Kier alpha value is -9.44. The topological polar surface area (TPSA) is 19.6 Å². The minimum absolute atomic E-state index is 0.339. The van der Waals surface area contributed by atoms with Gasteiger partial charge >= 0.3 is 0 Å². The number of aryl methyl sites for hydroxylation is 2. The van der Waals surface area contributed by atoms with Crippen molar-refractivity contribution in [3.05, 3.63) is 277 Å². The molecule has 1 heterocycles. The Morgan fingerprint density at radius 2 is 0.620 bits per heavy atom. The zero-order valence-corrected chi connectivity index (χ0v) is 45.7. The Morgan fingerprint density at radius 3 is 0.962 bits per heavy atom. The van der Waals surface area contributed by atoms with E-state index >= 15 is 0 Å². The highest BCUT2D eigenvalue weighted by atomic mass is 16.3. The summed E-state index contributed by atoms with van der Waals surface area (Å²) in [5.74, 6) is 0.679. The van der Waals surface area contributed by atoms with Crippen LogP contribution in [0.25, 0.3) is 88.0 Å². The number of nitrogens with zero attached hydrogens (tertiary/aromatic N) is 2. The average Bonchev–Trinajstić information content (AvgIpc) is 4.06. The highest BCUT2D eigenvalue weighted by Gasteiger charge is 2.25. The van der Waals surface area contributed by atoms with Crippen LogP contribution in [0.5, 0.6) is 0 Å². The van der Waals surface area contributed by atoms with Crippen LogP contribution < -0.4 is 9.80 Å². The zero-order valence-electron chi connectivity index (χ0n) is 45.7. The van der Waals surface area contributed by atoms with Crippen molar-refractivity contribution in [1.29, 1.82) is 0 Å². The fourth-order valence-corrected chi connectivity index (χ4v) is 11.6. The Morgan fingerprint density at radius 1 is 0.291 bits per heavy atom. The summed E-state index contributed by atoms with van der Waals surface area (Å²) in [7, 11) is 0. The monoisotopic (exact) mass is 1020 g/mol. The van der Waals surface area contributed by atoms with Crippen molar-refractivity contribution in [1.82, 2.24) is 0 Å². The van der Waals surface area contributed by atoms with Gasteiger partial charge in [0.15, 0.2) is 0 Å². The van der Waals surface area contributed by atoms with Crippen LogP contribution in [0, 0.1) is 13.8 Å². The number of benzene rings is 12. The number of furan rings is 1. The van der Waals surface area contributed by atoms with Gasteiger partial charge in [-0.3, -0.25) is 0 Å². The molecule has 13 aromatic rings. The number of hydrogen-bond acceptors (Lipinski definition) is 3. The van der Waals surface area contributed by atoms with Gasteiger partial charge in [0, 0.05) is 44.4 Å². The molecule has 3 nitrogen and oxygen atoms in total. The maximum Gasteiger partial charge on any atom is 0.136 e. The van der Waals surface area contributed by atoms with Gasteiger partial charge in [0.25, 0.3) is 0 Å². The van der Waals surface area contributed by atoms with Crippen molar-refractivity contribution in [2.75, 3.05) is 9.80 Å². The average molecular weight is 1020 g/mol. The lowest BCUT2D eigenvalue weighted by molar-refractivity contribution is 0.670. The molecule has 0 aliphatic rings. The smallest absolute Gasteiger partial charge is 0.136 e. The van der Waals surface area contributed by atoms with Crippen molar-refractivity contribution < 1.29 is 4.42 Å². The summed E-state index contributed by atoms with van der Waals surface area (Å²) in [4.78, 5) is 4.97. The Labute approximate surface area is 464 Å². The highest BCUT2D eigenvalue weighted by Crippen LogP contribution is 2.49. The summed E-state index contributed by atoms with van der Waals surface area (Å²) in [5.41, 5.74) is 22.7. The van der Waals surface area contributed by atoms with Crippen LogP contribution in [0.15, 0.2) is 259 Å². The van der Waals surface area contributed by atoms with E-state index in [1.807, 2.05) is 0 Å². The van der Waals surface area contributed by atoms with Crippen LogP contribution in [0.4, 0.5) is 34.1 Å². The molecule has 3 heteroatoms. The van der Waals surface area contributed by atoms with Crippen LogP contribution in [0.3, 0.4) is 0 Å². The van der Waals surface area contributed by atoms with Gasteiger partial charge in [-0.2, -0.15) is 0 Å². The van der Waals surface area contributed by atoms with E-state index in [4.69, 9.17) is 4.42 Å². The Balaban J connectivity index is 0.984.